The summed E-state index contributed by atoms with van der Waals surface area (Å²) in [7, 11) is 1.59. The van der Waals surface area contributed by atoms with Crippen molar-refractivity contribution in [2.45, 2.75) is 0 Å². The fourth-order valence-corrected chi connectivity index (χ4v) is 1.86. The van der Waals surface area contributed by atoms with Crippen molar-refractivity contribution in [3.05, 3.63) is 65.2 Å². The lowest BCUT2D eigenvalue weighted by atomic mass is 10.1. The molecule has 0 aromatic heterocycles. The summed E-state index contributed by atoms with van der Waals surface area (Å²) in [6, 6.07) is 14.4. The quantitative estimate of drug-likeness (QED) is 0.936. The van der Waals surface area contributed by atoms with Crippen LogP contribution < -0.4 is 4.90 Å². The van der Waals surface area contributed by atoms with Crippen LogP contribution in [-0.4, -0.2) is 24.0 Å². The summed E-state index contributed by atoms with van der Waals surface area (Å²) < 4.78 is 0. The molecule has 2 aromatic carbocycles. The molecular formula is C16H12N2O3. The molecule has 5 heteroatoms. The molecule has 0 fully saturated rings. The zero-order valence-corrected chi connectivity index (χ0v) is 11.3. The first-order valence-corrected chi connectivity index (χ1v) is 6.14. The van der Waals surface area contributed by atoms with Crippen molar-refractivity contribution in [2.75, 3.05) is 11.9 Å². The Morgan fingerprint density at radius 1 is 1.10 bits per heavy atom. The molecule has 104 valence electrons. The molecule has 21 heavy (non-hydrogen) atoms. The Morgan fingerprint density at radius 2 is 1.76 bits per heavy atom. The molecule has 0 spiro atoms. The van der Waals surface area contributed by atoms with Crippen LogP contribution in [0, 0.1) is 11.3 Å². The molecule has 5 nitrogen and oxygen atoms in total. The molecule has 0 aliphatic heterocycles. The molecule has 0 saturated carbocycles. The van der Waals surface area contributed by atoms with Gasteiger partial charge in [0.1, 0.15) is 0 Å². The fourth-order valence-electron chi connectivity index (χ4n) is 1.86. The number of anilines is 1. The lowest BCUT2D eigenvalue weighted by Gasteiger charge is -2.17. The van der Waals surface area contributed by atoms with Gasteiger partial charge in [0.15, 0.2) is 0 Å². The Balaban J connectivity index is 2.26. The Bertz CT molecular complexity index is 730. The average Bonchev–Trinajstić information content (AvgIpc) is 2.53. The van der Waals surface area contributed by atoms with Crippen LogP contribution in [0.25, 0.3) is 0 Å². The van der Waals surface area contributed by atoms with Crippen LogP contribution in [0.2, 0.25) is 0 Å². The second kappa shape index (κ2) is 5.88. The van der Waals surface area contributed by atoms with Gasteiger partial charge in [0, 0.05) is 18.3 Å². The van der Waals surface area contributed by atoms with E-state index in [-0.39, 0.29) is 11.5 Å². The highest BCUT2D eigenvalue weighted by molar-refractivity contribution is 6.06. The normalized spacial score (nSPS) is 9.71. The number of benzene rings is 2. The van der Waals surface area contributed by atoms with E-state index in [0.717, 1.165) is 0 Å². The van der Waals surface area contributed by atoms with E-state index in [1.54, 1.807) is 37.4 Å². The van der Waals surface area contributed by atoms with Crippen molar-refractivity contribution in [3.8, 4) is 6.07 Å². The summed E-state index contributed by atoms with van der Waals surface area (Å²) in [6.07, 6.45) is 0. The van der Waals surface area contributed by atoms with Crippen LogP contribution in [0.3, 0.4) is 0 Å². The summed E-state index contributed by atoms with van der Waals surface area (Å²) in [5.41, 5.74) is 1.55. The number of carbonyl (C=O) groups is 2. The monoisotopic (exact) mass is 280 g/mol. The van der Waals surface area contributed by atoms with Gasteiger partial charge in [0.05, 0.1) is 17.2 Å². The first-order valence-electron chi connectivity index (χ1n) is 6.14. The maximum atomic E-state index is 12.3. The van der Waals surface area contributed by atoms with Crippen molar-refractivity contribution < 1.29 is 14.7 Å². The van der Waals surface area contributed by atoms with E-state index >= 15 is 0 Å². The highest BCUT2D eigenvalue weighted by Crippen LogP contribution is 2.17. The van der Waals surface area contributed by atoms with Crippen molar-refractivity contribution in [1.29, 1.82) is 5.26 Å². The van der Waals surface area contributed by atoms with E-state index in [0.29, 0.717) is 16.8 Å². The smallest absolute Gasteiger partial charge is 0.335 e. The third kappa shape index (κ3) is 3.07. The Labute approximate surface area is 121 Å². The van der Waals surface area contributed by atoms with Gasteiger partial charge in [-0.1, -0.05) is 6.07 Å². The van der Waals surface area contributed by atoms with Gasteiger partial charge in [0.2, 0.25) is 0 Å². The number of carboxylic acid groups (broad SMARTS) is 1. The molecule has 0 atom stereocenters. The maximum absolute atomic E-state index is 12.3. The van der Waals surface area contributed by atoms with Gasteiger partial charge in [-0.2, -0.15) is 5.26 Å². The number of nitriles is 1. The summed E-state index contributed by atoms with van der Waals surface area (Å²) in [5.74, 6) is -1.28. The number of carbonyl (C=O) groups excluding carboxylic acids is 1. The minimum absolute atomic E-state index is 0.158. The van der Waals surface area contributed by atoms with E-state index in [2.05, 4.69) is 0 Å². The molecule has 2 rings (SSSR count). The van der Waals surface area contributed by atoms with E-state index in [9.17, 15) is 9.59 Å². The SMILES string of the molecule is CN(C(=O)c1cccc(C#N)c1)c1ccc(C(=O)O)cc1. The van der Waals surface area contributed by atoms with Gasteiger partial charge in [-0.05, 0) is 42.5 Å². The molecule has 2 aromatic rings. The van der Waals surface area contributed by atoms with Crippen LogP contribution in [0.5, 0.6) is 0 Å². The van der Waals surface area contributed by atoms with Crippen LogP contribution in [0.4, 0.5) is 5.69 Å². The van der Waals surface area contributed by atoms with Gasteiger partial charge in [-0.15, -0.1) is 0 Å². The molecule has 0 bridgehead atoms. The molecule has 0 aliphatic rings. The van der Waals surface area contributed by atoms with Crippen LogP contribution >= 0.6 is 0 Å². The zero-order chi connectivity index (χ0) is 15.4. The second-order valence-corrected chi connectivity index (χ2v) is 4.41. The van der Waals surface area contributed by atoms with Gasteiger partial charge < -0.3 is 10.0 Å². The third-order valence-electron chi connectivity index (χ3n) is 3.04. The number of aromatic carboxylic acids is 1. The lowest BCUT2D eigenvalue weighted by Crippen LogP contribution is -2.26. The predicted molar refractivity (Wildman–Crippen MR) is 77.3 cm³/mol. The molecule has 0 unspecified atom stereocenters. The molecular weight excluding hydrogens is 268 g/mol. The standard InChI is InChI=1S/C16H12N2O3/c1-18(14-7-5-12(6-8-14)16(20)21)15(19)13-4-2-3-11(9-13)10-17/h2-9H,1H3,(H,20,21). The minimum Gasteiger partial charge on any atom is -0.478 e. The number of hydrogen-bond donors (Lipinski definition) is 1. The fraction of sp³-hybridized carbons (Fsp3) is 0.0625. The first-order chi connectivity index (χ1) is 10.0. The van der Waals surface area contributed by atoms with E-state index < -0.39 is 5.97 Å². The van der Waals surface area contributed by atoms with Crippen LogP contribution in [0.1, 0.15) is 26.3 Å². The van der Waals surface area contributed by atoms with Gasteiger partial charge >= 0.3 is 5.97 Å². The molecule has 0 heterocycles. The topological polar surface area (TPSA) is 81.4 Å². The Hall–Kier alpha value is -3.13. The van der Waals surface area contributed by atoms with Crippen molar-refractivity contribution >= 4 is 17.6 Å². The number of carboxylic acids is 1. The Morgan fingerprint density at radius 3 is 2.33 bits per heavy atom. The summed E-state index contributed by atoms with van der Waals surface area (Å²) in [4.78, 5) is 24.5. The molecule has 0 aliphatic carbocycles. The summed E-state index contributed by atoms with van der Waals surface area (Å²) >= 11 is 0. The van der Waals surface area contributed by atoms with Crippen molar-refractivity contribution in [2.24, 2.45) is 0 Å². The van der Waals surface area contributed by atoms with Crippen LogP contribution in [0.15, 0.2) is 48.5 Å². The van der Waals surface area contributed by atoms with Gasteiger partial charge in [0.25, 0.3) is 5.91 Å². The molecule has 1 N–H and O–H groups in total. The number of hydrogen-bond acceptors (Lipinski definition) is 3. The molecule has 0 saturated heterocycles. The predicted octanol–water partition coefficient (Wildman–Crippen LogP) is 2.53. The van der Waals surface area contributed by atoms with Gasteiger partial charge in [-0.3, -0.25) is 4.79 Å². The largest absolute Gasteiger partial charge is 0.478 e. The molecule has 0 radical (unpaired) electrons. The van der Waals surface area contributed by atoms with Crippen molar-refractivity contribution in [1.82, 2.24) is 0 Å². The van der Waals surface area contributed by atoms with E-state index in [4.69, 9.17) is 10.4 Å². The van der Waals surface area contributed by atoms with Crippen LogP contribution in [-0.2, 0) is 0 Å². The third-order valence-corrected chi connectivity index (χ3v) is 3.04. The average molecular weight is 280 g/mol. The maximum Gasteiger partial charge on any atom is 0.335 e. The van der Waals surface area contributed by atoms with E-state index in [1.807, 2.05) is 6.07 Å². The first kappa shape index (κ1) is 14.3. The summed E-state index contributed by atoms with van der Waals surface area (Å²) in [6.45, 7) is 0. The summed E-state index contributed by atoms with van der Waals surface area (Å²) in [5, 5.41) is 17.7. The highest BCUT2D eigenvalue weighted by Gasteiger charge is 2.14. The number of rotatable bonds is 3. The molecule has 1 amide bonds. The van der Waals surface area contributed by atoms with Gasteiger partial charge in [-0.25, -0.2) is 4.79 Å². The van der Waals surface area contributed by atoms with E-state index in [1.165, 1.54) is 23.1 Å². The number of amides is 1. The number of nitrogens with zero attached hydrogens (tertiary/aromatic N) is 2. The van der Waals surface area contributed by atoms with Crippen molar-refractivity contribution in [3.63, 3.8) is 0 Å². The zero-order valence-electron chi connectivity index (χ0n) is 11.3. The highest BCUT2D eigenvalue weighted by atomic mass is 16.4. The minimum atomic E-state index is -1.02. The lowest BCUT2D eigenvalue weighted by molar-refractivity contribution is 0.0696. The second-order valence-electron chi connectivity index (χ2n) is 4.41. The Kier molecular flexibility index (Phi) is 4.00.